The van der Waals surface area contributed by atoms with Gasteiger partial charge in [-0.25, -0.2) is 14.2 Å². The lowest BCUT2D eigenvalue weighted by Gasteiger charge is -2.27. The van der Waals surface area contributed by atoms with Crippen molar-refractivity contribution in [2.75, 3.05) is 13.1 Å². The SMILES string of the molecule is O=C1O[C@]2(CCN(C(=O)C3(c4ccc(-n5cnc6ccccc65)cc4F)CC3)C2)c2ccncc21. The second-order valence-electron chi connectivity index (χ2n) is 9.63. The van der Waals surface area contributed by atoms with Gasteiger partial charge in [0.2, 0.25) is 5.91 Å². The highest BCUT2D eigenvalue weighted by Gasteiger charge is 2.58. The molecule has 0 unspecified atom stereocenters. The second kappa shape index (κ2) is 6.97. The third-order valence-corrected chi connectivity index (χ3v) is 7.70. The molecule has 2 aromatic heterocycles. The van der Waals surface area contributed by atoms with Crippen LogP contribution in [0.4, 0.5) is 4.39 Å². The molecule has 2 aliphatic heterocycles. The average molecular weight is 468 g/mol. The fraction of sp³-hybridized carbons (Fsp3) is 0.259. The molecule has 1 saturated carbocycles. The number of rotatable bonds is 3. The number of para-hydroxylation sites is 2. The number of benzene rings is 2. The van der Waals surface area contributed by atoms with Gasteiger partial charge in [0.25, 0.3) is 0 Å². The predicted octanol–water partition coefficient (Wildman–Crippen LogP) is 3.89. The van der Waals surface area contributed by atoms with Crippen molar-refractivity contribution >= 4 is 22.9 Å². The van der Waals surface area contributed by atoms with E-state index < -0.39 is 22.8 Å². The van der Waals surface area contributed by atoms with Crippen LogP contribution in [0.5, 0.6) is 0 Å². The van der Waals surface area contributed by atoms with Crippen molar-refractivity contribution in [1.82, 2.24) is 19.4 Å². The molecule has 8 heteroatoms. The standard InChI is InChI=1S/C27H21FN4O3/c28-21-13-17(32-16-30-22-3-1-2-4-23(22)32)5-6-20(21)26(8-9-26)25(34)31-12-10-27(15-31)19-7-11-29-14-18(19)24(33)35-27/h1-7,11,13-14,16H,8-10,12,15H2/t27-/m0/s1. The molecule has 1 saturated heterocycles. The van der Waals surface area contributed by atoms with Gasteiger partial charge in [-0.2, -0.15) is 0 Å². The highest BCUT2D eigenvalue weighted by molar-refractivity contribution is 5.95. The molecule has 174 valence electrons. The Labute approximate surface area is 200 Å². The summed E-state index contributed by atoms with van der Waals surface area (Å²) in [5.41, 5.74) is 2.33. The van der Waals surface area contributed by atoms with E-state index >= 15 is 4.39 Å². The third-order valence-electron chi connectivity index (χ3n) is 7.70. The highest BCUT2D eigenvalue weighted by Crippen LogP contribution is 2.52. The number of aromatic nitrogens is 3. The first-order valence-corrected chi connectivity index (χ1v) is 11.7. The first-order valence-electron chi connectivity index (χ1n) is 11.7. The first kappa shape index (κ1) is 20.3. The summed E-state index contributed by atoms with van der Waals surface area (Å²) in [6.45, 7) is 0.730. The second-order valence-corrected chi connectivity index (χ2v) is 9.63. The Balaban J connectivity index is 1.18. The molecule has 7 nitrogen and oxygen atoms in total. The number of halogens is 1. The maximum atomic E-state index is 15.5. The summed E-state index contributed by atoms with van der Waals surface area (Å²) >= 11 is 0. The molecule has 7 rings (SSSR count). The minimum absolute atomic E-state index is 0.104. The number of carbonyl (C=O) groups is 2. The lowest BCUT2D eigenvalue weighted by molar-refractivity contribution is -0.134. The number of likely N-dealkylation sites (tertiary alicyclic amines) is 1. The van der Waals surface area contributed by atoms with Crippen molar-refractivity contribution in [3.63, 3.8) is 0 Å². The quantitative estimate of drug-likeness (QED) is 0.427. The number of esters is 1. The molecular formula is C27H21FN4O3. The molecule has 4 heterocycles. The van der Waals surface area contributed by atoms with Crippen molar-refractivity contribution < 1.29 is 18.7 Å². The van der Waals surface area contributed by atoms with Crippen LogP contribution in [0, 0.1) is 5.82 Å². The summed E-state index contributed by atoms with van der Waals surface area (Å²) in [6, 6.07) is 14.5. The molecule has 1 amide bonds. The number of ether oxygens (including phenoxy) is 1. The van der Waals surface area contributed by atoms with Gasteiger partial charge in [0.1, 0.15) is 12.1 Å². The van der Waals surface area contributed by atoms with Gasteiger partial charge < -0.3 is 9.64 Å². The van der Waals surface area contributed by atoms with Gasteiger partial charge in [-0.05, 0) is 43.2 Å². The fourth-order valence-corrected chi connectivity index (χ4v) is 5.73. The maximum absolute atomic E-state index is 15.5. The van der Waals surface area contributed by atoms with Gasteiger partial charge in [-0.15, -0.1) is 0 Å². The Morgan fingerprint density at radius 3 is 2.74 bits per heavy atom. The van der Waals surface area contributed by atoms with Gasteiger partial charge in [0, 0.05) is 36.5 Å². The van der Waals surface area contributed by atoms with Crippen LogP contribution in [0.15, 0.2) is 67.3 Å². The molecule has 0 N–H and O–H groups in total. The average Bonchev–Trinajstić information content (AvgIpc) is 3.26. The topological polar surface area (TPSA) is 77.3 Å². The lowest BCUT2D eigenvalue weighted by Crippen LogP contribution is -2.40. The monoisotopic (exact) mass is 468 g/mol. The van der Waals surface area contributed by atoms with E-state index in [1.807, 2.05) is 34.9 Å². The van der Waals surface area contributed by atoms with E-state index in [2.05, 4.69) is 9.97 Å². The van der Waals surface area contributed by atoms with Crippen LogP contribution in [0.3, 0.4) is 0 Å². The summed E-state index contributed by atoms with van der Waals surface area (Å²) in [5, 5.41) is 0. The zero-order valence-corrected chi connectivity index (χ0v) is 18.8. The summed E-state index contributed by atoms with van der Waals surface area (Å²) < 4.78 is 23.1. The van der Waals surface area contributed by atoms with E-state index in [1.165, 1.54) is 12.3 Å². The van der Waals surface area contributed by atoms with E-state index in [1.54, 1.807) is 29.6 Å². The predicted molar refractivity (Wildman–Crippen MR) is 124 cm³/mol. The maximum Gasteiger partial charge on any atom is 0.341 e. The number of nitrogens with zero attached hydrogens (tertiary/aromatic N) is 4. The molecule has 1 atom stereocenters. The van der Waals surface area contributed by atoms with Crippen LogP contribution in [0.25, 0.3) is 16.7 Å². The molecule has 35 heavy (non-hydrogen) atoms. The smallest absolute Gasteiger partial charge is 0.341 e. The van der Waals surface area contributed by atoms with Gasteiger partial charge in [-0.3, -0.25) is 14.3 Å². The molecule has 1 aliphatic carbocycles. The van der Waals surface area contributed by atoms with Crippen LogP contribution in [-0.4, -0.2) is 44.4 Å². The number of hydrogen-bond acceptors (Lipinski definition) is 5. The Morgan fingerprint density at radius 2 is 1.91 bits per heavy atom. The number of imidazole rings is 1. The normalized spacial score (nSPS) is 22.0. The van der Waals surface area contributed by atoms with Gasteiger partial charge in [0.05, 0.1) is 34.2 Å². The van der Waals surface area contributed by atoms with E-state index in [0.29, 0.717) is 42.6 Å². The van der Waals surface area contributed by atoms with Crippen LogP contribution < -0.4 is 0 Å². The number of fused-ring (bicyclic) bond motifs is 3. The largest absolute Gasteiger partial charge is 0.449 e. The fourth-order valence-electron chi connectivity index (χ4n) is 5.73. The highest BCUT2D eigenvalue weighted by atomic mass is 19.1. The molecule has 2 fully saturated rings. The first-order chi connectivity index (χ1) is 17.0. The zero-order chi connectivity index (χ0) is 23.8. The van der Waals surface area contributed by atoms with Gasteiger partial charge in [0.15, 0.2) is 5.60 Å². The van der Waals surface area contributed by atoms with E-state index in [9.17, 15) is 9.59 Å². The summed E-state index contributed by atoms with van der Waals surface area (Å²) in [4.78, 5) is 36.2. The molecular weight excluding hydrogens is 447 g/mol. The minimum atomic E-state index is -0.866. The Kier molecular flexibility index (Phi) is 4.05. The van der Waals surface area contributed by atoms with E-state index in [4.69, 9.17) is 4.74 Å². The van der Waals surface area contributed by atoms with Crippen molar-refractivity contribution in [2.45, 2.75) is 30.3 Å². The van der Waals surface area contributed by atoms with Crippen molar-refractivity contribution in [2.24, 2.45) is 0 Å². The van der Waals surface area contributed by atoms with Crippen molar-refractivity contribution in [1.29, 1.82) is 0 Å². The number of pyridine rings is 1. The zero-order valence-electron chi connectivity index (χ0n) is 18.8. The summed E-state index contributed by atoms with van der Waals surface area (Å²) in [5.74, 6) is -0.909. The lowest BCUT2D eigenvalue weighted by atomic mass is 9.92. The summed E-state index contributed by atoms with van der Waals surface area (Å²) in [6.07, 6.45) is 6.54. The molecule has 0 bridgehead atoms. The Hall–Kier alpha value is -4.07. The van der Waals surface area contributed by atoms with Crippen LogP contribution in [0.2, 0.25) is 0 Å². The molecule has 4 aromatic rings. The van der Waals surface area contributed by atoms with Crippen LogP contribution >= 0.6 is 0 Å². The molecule has 0 radical (unpaired) electrons. The van der Waals surface area contributed by atoms with Crippen molar-refractivity contribution in [3.8, 4) is 5.69 Å². The number of hydrogen-bond donors (Lipinski definition) is 0. The molecule has 2 aromatic carbocycles. The number of carbonyl (C=O) groups excluding carboxylic acids is 2. The Bertz CT molecular complexity index is 1540. The van der Waals surface area contributed by atoms with Gasteiger partial charge in [-0.1, -0.05) is 18.2 Å². The van der Waals surface area contributed by atoms with E-state index in [-0.39, 0.29) is 12.5 Å². The number of amides is 1. The van der Waals surface area contributed by atoms with Gasteiger partial charge >= 0.3 is 5.97 Å². The van der Waals surface area contributed by atoms with Crippen molar-refractivity contribution in [3.05, 3.63) is 89.8 Å². The van der Waals surface area contributed by atoms with Crippen LogP contribution in [0.1, 0.15) is 40.7 Å². The Morgan fingerprint density at radius 1 is 1.06 bits per heavy atom. The van der Waals surface area contributed by atoms with E-state index in [0.717, 1.165) is 16.6 Å². The van der Waals surface area contributed by atoms with Crippen LogP contribution in [-0.2, 0) is 20.5 Å². The summed E-state index contributed by atoms with van der Waals surface area (Å²) in [7, 11) is 0. The third kappa shape index (κ3) is 2.82. The minimum Gasteiger partial charge on any atom is -0.449 e. The molecule has 1 spiro atoms. The molecule has 3 aliphatic rings.